The summed E-state index contributed by atoms with van der Waals surface area (Å²) in [5.41, 5.74) is 3.16. The maximum atomic E-state index is 13.1. The zero-order valence-electron chi connectivity index (χ0n) is 12.7. The van der Waals surface area contributed by atoms with Gasteiger partial charge in [-0.1, -0.05) is 17.3 Å². The molecule has 0 unspecified atom stereocenters. The smallest absolute Gasteiger partial charge is 0.244 e. The lowest BCUT2D eigenvalue weighted by molar-refractivity contribution is 0.128. The van der Waals surface area contributed by atoms with Crippen molar-refractivity contribution in [3.05, 3.63) is 65.1 Å². The summed E-state index contributed by atoms with van der Waals surface area (Å²) >= 11 is 0. The van der Waals surface area contributed by atoms with Crippen molar-refractivity contribution in [1.29, 1.82) is 0 Å². The van der Waals surface area contributed by atoms with Crippen LogP contribution in [0.25, 0.3) is 0 Å². The maximum absolute atomic E-state index is 13.1. The van der Waals surface area contributed by atoms with Gasteiger partial charge < -0.3 is 9.51 Å². The van der Waals surface area contributed by atoms with Crippen molar-refractivity contribution in [2.24, 2.45) is 0 Å². The molecule has 0 bridgehead atoms. The van der Waals surface area contributed by atoms with Gasteiger partial charge in [-0.3, -0.25) is 4.90 Å². The quantitative estimate of drug-likeness (QED) is 0.804. The van der Waals surface area contributed by atoms with E-state index in [0.717, 1.165) is 17.0 Å². The number of fused-ring (bicyclic) bond motifs is 1. The van der Waals surface area contributed by atoms with E-state index < -0.39 is 0 Å². The van der Waals surface area contributed by atoms with Gasteiger partial charge in [0.2, 0.25) is 5.89 Å². The van der Waals surface area contributed by atoms with Crippen LogP contribution in [0.5, 0.6) is 0 Å². The summed E-state index contributed by atoms with van der Waals surface area (Å²) in [5.74, 6) is 0.986. The number of hydrogen-bond donors (Lipinski definition) is 1. The van der Waals surface area contributed by atoms with Gasteiger partial charge in [0, 0.05) is 19.5 Å². The second-order valence-electron chi connectivity index (χ2n) is 5.76. The van der Waals surface area contributed by atoms with Gasteiger partial charge in [0.05, 0.1) is 23.8 Å². The molecule has 0 radical (unpaired) electrons. The third-order valence-corrected chi connectivity index (χ3v) is 4.12. The Morgan fingerprint density at radius 3 is 2.91 bits per heavy atom. The first-order valence-electron chi connectivity index (χ1n) is 7.49. The molecule has 7 heteroatoms. The summed E-state index contributed by atoms with van der Waals surface area (Å²) in [6, 6.07) is 6.53. The highest BCUT2D eigenvalue weighted by molar-refractivity contribution is 5.21. The summed E-state index contributed by atoms with van der Waals surface area (Å²) in [4.78, 5) is 14.2. The van der Waals surface area contributed by atoms with Crippen LogP contribution in [0.4, 0.5) is 4.39 Å². The first kappa shape index (κ1) is 14.1. The van der Waals surface area contributed by atoms with Gasteiger partial charge in [0.25, 0.3) is 0 Å². The number of aromatic nitrogens is 4. The van der Waals surface area contributed by atoms with Gasteiger partial charge >= 0.3 is 0 Å². The minimum atomic E-state index is -0.229. The van der Waals surface area contributed by atoms with E-state index in [9.17, 15) is 4.39 Å². The molecule has 4 rings (SSSR count). The number of benzene rings is 1. The van der Waals surface area contributed by atoms with E-state index in [1.54, 1.807) is 25.4 Å². The van der Waals surface area contributed by atoms with Crippen LogP contribution in [0.15, 0.2) is 35.1 Å². The Morgan fingerprint density at radius 2 is 2.17 bits per heavy atom. The number of nitrogens with one attached hydrogen (secondary N) is 1. The Hall–Kier alpha value is -2.54. The van der Waals surface area contributed by atoms with Crippen LogP contribution in [0.3, 0.4) is 0 Å². The minimum absolute atomic E-state index is 0.0305. The number of hydrogen-bond acceptors (Lipinski definition) is 5. The normalized spacial score (nSPS) is 18.1. The predicted octanol–water partition coefficient (Wildman–Crippen LogP) is 2.54. The monoisotopic (exact) mass is 313 g/mol. The number of nitrogens with zero attached hydrogens (tertiary/aromatic N) is 4. The van der Waals surface area contributed by atoms with Crippen molar-refractivity contribution in [2.75, 3.05) is 0 Å². The molecule has 1 atom stereocenters. The Morgan fingerprint density at radius 1 is 1.35 bits per heavy atom. The fourth-order valence-electron chi connectivity index (χ4n) is 2.97. The number of rotatable bonds is 3. The molecule has 1 aliphatic heterocycles. The lowest BCUT2D eigenvalue weighted by Gasteiger charge is -2.32. The van der Waals surface area contributed by atoms with Crippen LogP contribution < -0.4 is 0 Å². The van der Waals surface area contributed by atoms with Crippen molar-refractivity contribution in [3.63, 3.8) is 0 Å². The third-order valence-electron chi connectivity index (χ3n) is 4.12. The first-order chi connectivity index (χ1) is 11.2. The molecule has 0 fully saturated rings. The Kier molecular flexibility index (Phi) is 3.42. The van der Waals surface area contributed by atoms with Crippen LogP contribution in [0.2, 0.25) is 0 Å². The average Bonchev–Trinajstić information content (AvgIpc) is 3.17. The highest BCUT2D eigenvalue weighted by atomic mass is 19.1. The second kappa shape index (κ2) is 5.58. The molecule has 6 nitrogen and oxygen atoms in total. The number of H-pyrrole nitrogens is 1. The highest BCUT2D eigenvalue weighted by Gasteiger charge is 2.32. The lowest BCUT2D eigenvalue weighted by atomic mass is 10.0. The molecule has 1 aliphatic rings. The summed E-state index contributed by atoms with van der Waals surface area (Å²) < 4.78 is 18.5. The van der Waals surface area contributed by atoms with Crippen molar-refractivity contribution < 1.29 is 8.91 Å². The zero-order chi connectivity index (χ0) is 15.8. The Balaban J connectivity index is 1.65. The number of halogens is 1. The molecule has 3 aromatic rings. The molecule has 3 heterocycles. The van der Waals surface area contributed by atoms with Gasteiger partial charge in [0.1, 0.15) is 5.82 Å². The highest BCUT2D eigenvalue weighted by Crippen LogP contribution is 2.32. The van der Waals surface area contributed by atoms with Crippen molar-refractivity contribution >= 4 is 0 Å². The summed E-state index contributed by atoms with van der Waals surface area (Å²) in [5, 5.41) is 3.90. The molecule has 0 amide bonds. The third kappa shape index (κ3) is 2.75. The second-order valence-corrected chi connectivity index (χ2v) is 5.76. The Labute approximate surface area is 132 Å². The SMILES string of the molecule is Cc1noc([C@@H]2Cc3nc[nH]c3CN2Cc2ccc(F)cc2)n1. The molecule has 0 aliphatic carbocycles. The van der Waals surface area contributed by atoms with Gasteiger partial charge in [-0.15, -0.1) is 0 Å². The minimum Gasteiger partial charge on any atom is -0.347 e. The van der Waals surface area contributed by atoms with Gasteiger partial charge in [0.15, 0.2) is 5.82 Å². The molecule has 1 N–H and O–H groups in total. The molecule has 23 heavy (non-hydrogen) atoms. The number of aromatic amines is 1. The van der Waals surface area contributed by atoms with Crippen molar-refractivity contribution in [1.82, 2.24) is 25.0 Å². The fourth-order valence-corrected chi connectivity index (χ4v) is 2.97. The Bertz CT molecular complexity index is 810. The van der Waals surface area contributed by atoms with Crippen LogP contribution in [-0.4, -0.2) is 25.0 Å². The number of imidazole rings is 1. The van der Waals surface area contributed by atoms with Crippen LogP contribution in [0.1, 0.15) is 34.7 Å². The predicted molar refractivity (Wildman–Crippen MR) is 79.7 cm³/mol. The molecule has 0 saturated carbocycles. The standard InChI is InChI=1S/C16H16FN5O/c1-10-20-16(23-21-10)15-6-13-14(19-9-18-13)8-22(15)7-11-2-4-12(17)5-3-11/h2-5,9,15H,6-8H2,1H3,(H,18,19)/t15-/m0/s1. The molecule has 0 saturated heterocycles. The van der Waals surface area contributed by atoms with E-state index in [4.69, 9.17) is 4.52 Å². The topological polar surface area (TPSA) is 70.8 Å². The fraction of sp³-hybridized carbons (Fsp3) is 0.312. The van der Waals surface area contributed by atoms with E-state index in [-0.39, 0.29) is 11.9 Å². The summed E-state index contributed by atoms with van der Waals surface area (Å²) in [6.07, 6.45) is 2.42. The molecule has 1 aromatic carbocycles. The van der Waals surface area contributed by atoms with E-state index >= 15 is 0 Å². The molecular formula is C16H16FN5O. The number of aryl methyl sites for hydroxylation is 1. The molecule has 118 valence electrons. The van der Waals surface area contributed by atoms with Crippen molar-refractivity contribution in [3.8, 4) is 0 Å². The van der Waals surface area contributed by atoms with E-state index in [2.05, 4.69) is 25.0 Å². The van der Waals surface area contributed by atoms with Gasteiger partial charge in [-0.05, 0) is 24.6 Å². The first-order valence-corrected chi connectivity index (χ1v) is 7.49. The summed E-state index contributed by atoms with van der Waals surface area (Å²) in [7, 11) is 0. The maximum Gasteiger partial charge on any atom is 0.244 e. The van der Waals surface area contributed by atoms with E-state index in [0.29, 0.717) is 31.2 Å². The largest absolute Gasteiger partial charge is 0.347 e. The van der Waals surface area contributed by atoms with Gasteiger partial charge in [-0.2, -0.15) is 4.98 Å². The summed E-state index contributed by atoms with van der Waals surface area (Å²) in [6.45, 7) is 3.18. The van der Waals surface area contributed by atoms with E-state index in [1.807, 2.05) is 0 Å². The zero-order valence-corrected chi connectivity index (χ0v) is 12.7. The van der Waals surface area contributed by atoms with Crippen molar-refractivity contribution in [2.45, 2.75) is 32.5 Å². The molecule has 2 aromatic heterocycles. The average molecular weight is 313 g/mol. The molecule has 0 spiro atoms. The van der Waals surface area contributed by atoms with Gasteiger partial charge in [-0.25, -0.2) is 9.37 Å². The lowest BCUT2D eigenvalue weighted by Crippen LogP contribution is -2.34. The molecular weight excluding hydrogens is 297 g/mol. The van der Waals surface area contributed by atoms with Crippen LogP contribution in [0, 0.1) is 12.7 Å². The van der Waals surface area contributed by atoms with Crippen LogP contribution >= 0.6 is 0 Å². The van der Waals surface area contributed by atoms with E-state index in [1.165, 1.54) is 12.1 Å². The van der Waals surface area contributed by atoms with Crippen LogP contribution in [-0.2, 0) is 19.5 Å².